The molecule has 1 aliphatic carbocycles. The zero-order valence-corrected chi connectivity index (χ0v) is 10.1. The predicted octanol–water partition coefficient (Wildman–Crippen LogP) is 2.20. The average Bonchev–Trinajstić information content (AvgIpc) is 2.74. The maximum atomic E-state index is 9.11. The van der Waals surface area contributed by atoms with Gasteiger partial charge in [0.2, 0.25) is 0 Å². The first-order valence-corrected chi connectivity index (χ1v) is 5.83. The minimum atomic E-state index is 0.488. The van der Waals surface area contributed by atoms with Crippen LogP contribution in [0, 0.1) is 24.2 Å². The van der Waals surface area contributed by atoms with E-state index in [0.29, 0.717) is 17.5 Å². The molecule has 0 radical (unpaired) electrons. The van der Waals surface area contributed by atoms with E-state index in [2.05, 4.69) is 23.4 Å². The summed E-state index contributed by atoms with van der Waals surface area (Å²) in [5.74, 6) is 1.56. The van der Waals surface area contributed by atoms with Gasteiger partial charge >= 0.3 is 0 Å². The number of nitrogens with one attached hydrogen (secondary N) is 1. The van der Waals surface area contributed by atoms with Crippen molar-refractivity contribution in [2.24, 2.45) is 13.0 Å². The third-order valence-corrected chi connectivity index (χ3v) is 3.52. The van der Waals surface area contributed by atoms with Crippen LogP contribution in [0.1, 0.15) is 37.4 Å². The molecule has 0 aliphatic heterocycles. The van der Waals surface area contributed by atoms with E-state index in [-0.39, 0.29) is 0 Å². The molecule has 2 unspecified atom stereocenters. The number of anilines is 1. The summed E-state index contributed by atoms with van der Waals surface area (Å²) in [6, 6.07) is 2.72. The van der Waals surface area contributed by atoms with Crippen LogP contribution >= 0.6 is 0 Å². The molecule has 0 saturated heterocycles. The Bertz CT molecular complexity index is 427. The van der Waals surface area contributed by atoms with E-state index in [4.69, 9.17) is 5.26 Å². The molecule has 16 heavy (non-hydrogen) atoms. The predicted molar refractivity (Wildman–Crippen MR) is 63.1 cm³/mol. The van der Waals surface area contributed by atoms with Crippen molar-refractivity contribution in [3.8, 4) is 6.07 Å². The molecule has 0 spiro atoms. The molecule has 0 bridgehead atoms. The number of nitrogens with zero attached hydrogens (tertiary/aromatic N) is 3. The molecule has 1 fully saturated rings. The van der Waals surface area contributed by atoms with Crippen LogP contribution < -0.4 is 5.32 Å². The molecule has 1 N–H and O–H groups in total. The monoisotopic (exact) mass is 218 g/mol. The van der Waals surface area contributed by atoms with Crippen LogP contribution in [-0.2, 0) is 7.05 Å². The highest BCUT2D eigenvalue weighted by Crippen LogP contribution is 2.29. The molecule has 86 valence electrons. The first-order valence-electron chi connectivity index (χ1n) is 5.83. The quantitative estimate of drug-likeness (QED) is 0.828. The van der Waals surface area contributed by atoms with Gasteiger partial charge in [-0.2, -0.15) is 10.4 Å². The Hall–Kier alpha value is -1.50. The smallest absolute Gasteiger partial charge is 0.142 e. The van der Waals surface area contributed by atoms with Gasteiger partial charge in [-0.1, -0.05) is 13.3 Å². The lowest BCUT2D eigenvalue weighted by Crippen LogP contribution is -2.23. The Morgan fingerprint density at radius 3 is 2.81 bits per heavy atom. The first kappa shape index (κ1) is 11.0. The maximum Gasteiger partial charge on any atom is 0.142 e. The number of nitriles is 1. The van der Waals surface area contributed by atoms with Gasteiger partial charge in [-0.15, -0.1) is 0 Å². The molecule has 1 aliphatic rings. The Morgan fingerprint density at radius 1 is 1.50 bits per heavy atom. The fraction of sp³-hybridized carbons (Fsp3) is 0.667. The fourth-order valence-electron chi connectivity index (χ4n) is 2.49. The highest BCUT2D eigenvalue weighted by molar-refractivity contribution is 5.55. The summed E-state index contributed by atoms with van der Waals surface area (Å²) in [4.78, 5) is 0. The highest BCUT2D eigenvalue weighted by atomic mass is 15.3. The van der Waals surface area contributed by atoms with Gasteiger partial charge in [0, 0.05) is 13.1 Å². The van der Waals surface area contributed by atoms with Crippen molar-refractivity contribution in [1.29, 1.82) is 5.26 Å². The van der Waals surface area contributed by atoms with Crippen molar-refractivity contribution in [3.05, 3.63) is 11.3 Å². The lowest BCUT2D eigenvalue weighted by atomic mass is 10.1. The largest absolute Gasteiger partial charge is 0.366 e. The van der Waals surface area contributed by atoms with Gasteiger partial charge in [0.05, 0.1) is 5.69 Å². The zero-order chi connectivity index (χ0) is 11.7. The SMILES string of the molecule is Cc1nn(C)c(NC2CCCC2C)c1C#N. The molecule has 4 nitrogen and oxygen atoms in total. The van der Waals surface area contributed by atoms with E-state index in [1.165, 1.54) is 19.3 Å². The fourth-order valence-corrected chi connectivity index (χ4v) is 2.49. The third-order valence-electron chi connectivity index (χ3n) is 3.52. The Balaban J connectivity index is 2.24. The zero-order valence-electron chi connectivity index (χ0n) is 10.1. The second-order valence-corrected chi connectivity index (χ2v) is 4.70. The molecular weight excluding hydrogens is 200 g/mol. The molecule has 1 heterocycles. The van der Waals surface area contributed by atoms with Gasteiger partial charge in [-0.25, -0.2) is 0 Å². The van der Waals surface area contributed by atoms with Gasteiger partial charge in [-0.3, -0.25) is 4.68 Å². The number of rotatable bonds is 2. The van der Waals surface area contributed by atoms with E-state index >= 15 is 0 Å². The molecule has 4 heteroatoms. The van der Waals surface area contributed by atoms with E-state index in [1.807, 2.05) is 14.0 Å². The lowest BCUT2D eigenvalue weighted by Gasteiger charge is -2.18. The number of aryl methyl sites for hydroxylation is 2. The van der Waals surface area contributed by atoms with Crippen LogP contribution in [0.5, 0.6) is 0 Å². The van der Waals surface area contributed by atoms with Gasteiger partial charge in [0.1, 0.15) is 17.5 Å². The van der Waals surface area contributed by atoms with Crippen molar-refractivity contribution in [2.75, 3.05) is 5.32 Å². The Morgan fingerprint density at radius 2 is 2.25 bits per heavy atom. The number of aromatic nitrogens is 2. The van der Waals surface area contributed by atoms with Gasteiger partial charge < -0.3 is 5.32 Å². The molecule has 1 saturated carbocycles. The molecule has 2 rings (SSSR count). The summed E-state index contributed by atoms with van der Waals surface area (Å²) in [5.41, 5.74) is 1.49. The summed E-state index contributed by atoms with van der Waals surface area (Å²) in [7, 11) is 1.88. The van der Waals surface area contributed by atoms with Crippen LogP contribution in [-0.4, -0.2) is 15.8 Å². The van der Waals surface area contributed by atoms with Gasteiger partial charge in [-0.05, 0) is 25.7 Å². The minimum absolute atomic E-state index is 0.488. The van der Waals surface area contributed by atoms with Crippen LogP contribution in [0.4, 0.5) is 5.82 Å². The van der Waals surface area contributed by atoms with Crippen molar-refractivity contribution in [2.45, 2.75) is 39.2 Å². The van der Waals surface area contributed by atoms with Gasteiger partial charge in [0.25, 0.3) is 0 Å². The standard InChI is InChI=1S/C12H18N4/c1-8-5-4-6-11(8)14-12-10(7-13)9(2)15-16(12)3/h8,11,14H,4-6H2,1-3H3. The van der Waals surface area contributed by atoms with Crippen LogP contribution in [0.15, 0.2) is 0 Å². The molecule has 1 aromatic heterocycles. The van der Waals surface area contributed by atoms with E-state index in [0.717, 1.165) is 11.5 Å². The lowest BCUT2D eigenvalue weighted by molar-refractivity contribution is 0.550. The van der Waals surface area contributed by atoms with Crippen molar-refractivity contribution in [1.82, 2.24) is 9.78 Å². The average molecular weight is 218 g/mol. The van der Waals surface area contributed by atoms with Crippen LogP contribution in [0.3, 0.4) is 0 Å². The summed E-state index contributed by atoms with van der Waals surface area (Å²) in [6.45, 7) is 4.14. The third kappa shape index (κ3) is 1.78. The molecule has 1 aromatic rings. The van der Waals surface area contributed by atoms with Crippen molar-refractivity contribution >= 4 is 5.82 Å². The van der Waals surface area contributed by atoms with E-state index < -0.39 is 0 Å². The van der Waals surface area contributed by atoms with Crippen LogP contribution in [0.2, 0.25) is 0 Å². The summed E-state index contributed by atoms with van der Waals surface area (Å²) < 4.78 is 1.78. The summed E-state index contributed by atoms with van der Waals surface area (Å²) >= 11 is 0. The first-order chi connectivity index (χ1) is 7.63. The molecule has 0 amide bonds. The number of hydrogen-bond acceptors (Lipinski definition) is 3. The Kier molecular flexibility index (Phi) is 2.86. The topological polar surface area (TPSA) is 53.6 Å². The van der Waals surface area contributed by atoms with E-state index in [1.54, 1.807) is 4.68 Å². The second-order valence-electron chi connectivity index (χ2n) is 4.70. The summed E-state index contributed by atoms with van der Waals surface area (Å²) in [6.07, 6.45) is 3.74. The van der Waals surface area contributed by atoms with Gasteiger partial charge in [0.15, 0.2) is 0 Å². The van der Waals surface area contributed by atoms with E-state index in [9.17, 15) is 0 Å². The number of hydrogen-bond donors (Lipinski definition) is 1. The van der Waals surface area contributed by atoms with Crippen molar-refractivity contribution in [3.63, 3.8) is 0 Å². The van der Waals surface area contributed by atoms with Crippen LogP contribution in [0.25, 0.3) is 0 Å². The minimum Gasteiger partial charge on any atom is -0.366 e. The molecular formula is C12H18N4. The Labute approximate surface area is 96.3 Å². The second kappa shape index (κ2) is 4.17. The summed E-state index contributed by atoms with van der Waals surface area (Å²) in [5, 5.41) is 16.9. The molecule has 2 atom stereocenters. The van der Waals surface area contributed by atoms with Crippen molar-refractivity contribution < 1.29 is 0 Å². The normalized spacial score (nSPS) is 24.4. The molecule has 0 aromatic carbocycles. The maximum absolute atomic E-state index is 9.11. The highest BCUT2D eigenvalue weighted by Gasteiger charge is 2.25.